The highest BCUT2D eigenvalue weighted by atomic mass is 79.9. The van der Waals surface area contributed by atoms with Crippen molar-refractivity contribution in [3.05, 3.63) is 55.4 Å². The maximum Gasteiger partial charge on any atom is 0.256 e. The Balaban J connectivity index is 2.25. The van der Waals surface area contributed by atoms with Crippen LogP contribution in [0.1, 0.15) is 10.4 Å². The van der Waals surface area contributed by atoms with Gasteiger partial charge in [0.2, 0.25) is 0 Å². The van der Waals surface area contributed by atoms with E-state index in [4.69, 9.17) is 5.73 Å². The van der Waals surface area contributed by atoms with Crippen LogP contribution in [0, 0.1) is 0 Å². The van der Waals surface area contributed by atoms with Gasteiger partial charge in [-0.3, -0.25) is 4.79 Å². The minimum atomic E-state index is -0.214. The van der Waals surface area contributed by atoms with Crippen LogP contribution in [-0.4, -0.2) is 5.91 Å². The van der Waals surface area contributed by atoms with Crippen LogP contribution in [0.4, 0.5) is 11.4 Å². The summed E-state index contributed by atoms with van der Waals surface area (Å²) in [6, 6.07) is 10.7. The van der Waals surface area contributed by atoms with Crippen LogP contribution in [0.25, 0.3) is 0 Å². The summed E-state index contributed by atoms with van der Waals surface area (Å²) < 4.78 is 2.49. The summed E-state index contributed by atoms with van der Waals surface area (Å²) in [6.45, 7) is 0. The number of carbonyl (C=O) groups is 1. The van der Waals surface area contributed by atoms with E-state index in [1.165, 1.54) is 0 Å². The highest BCUT2D eigenvalue weighted by Gasteiger charge is 2.11. The topological polar surface area (TPSA) is 55.1 Å². The number of hydrogen-bond donors (Lipinski definition) is 2. The lowest BCUT2D eigenvalue weighted by molar-refractivity contribution is 0.102. The van der Waals surface area contributed by atoms with E-state index < -0.39 is 0 Å². The lowest BCUT2D eigenvalue weighted by Gasteiger charge is -2.09. The summed E-state index contributed by atoms with van der Waals surface area (Å²) in [5, 5.41) is 2.78. The second-order valence-electron chi connectivity index (χ2n) is 3.81. The van der Waals surface area contributed by atoms with Gasteiger partial charge in [-0.25, -0.2) is 0 Å². The molecule has 0 aliphatic heterocycles. The van der Waals surface area contributed by atoms with Crippen molar-refractivity contribution >= 4 is 65.1 Å². The molecule has 0 saturated heterocycles. The molecule has 2 aromatic carbocycles. The van der Waals surface area contributed by atoms with Gasteiger partial charge < -0.3 is 11.1 Å². The van der Waals surface area contributed by atoms with Gasteiger partial charge in [0.15, 0.2) is 0 Å². The average molecular weight is 449 g/mol. The summed E-state index contributed by atoms with van der Waals surface area (Å²) in [6.07, 6.45) is 0. The molecule has 0 aliphatic rings. The molecule has 3 nitrogen and oxygen atoms in total. The molecule has 98 valence electrons. The third-order valence-electron chi connectivity index (χ3n) is 2.44. The van der Waals surface area contributed by atoms with Gasteiger partial charge in [-0.15, -0.1) is 0 Å². The monoisotopic (exact) mass is 446 g/mol. The van der Waals surface area contributed by atoms with Crippen molar-refractivity contribution < 1.29 is 4.79 Å². The van der Waals surface area contributed by atoms with Crippen molar-refractivity contribution in [1.29, 1.82) is 0 Å². The molecule has 0 fully saturated rings. The molecule has 0 aromatic heterocycles. The Morgan fingerprint density at radius 2 is 1.63 bits per heavy atom. The Hall–Kier alpha value is -0.850. The van der Waals surface area contributed by atoms with Gasteiger partial charge in [0.1, 0.15) is 0 Å². The maximum absolute atomic E-state index is 12.2. The summed E-state index contributed by atoms with van der Waals surface area (Å²) >= 11 is 10.0. The van der Waals surface area contributed by atoms with Crippen molar-refractivity contribution in [2.24, 2.45) is 0 Å². The van der Waals surface area contributed by atoms with Crippen LogP contribution in [0.2, 0.25) is 0 Å². The van der Waals surface area contributed by atoms with Crippen LogP contribution in [0.3, 0.4) is 0 Å². The molecule has 6 heteroatoms. The first-order chi connectivity index (χ1) is 8.97. The third-order valence-corrected chi connectivity index (χ3v) is 4.08. The zero-order chi connectivity index (χ0) is 14.0. The lowest BCUT2D eigenvalue weighted by Crippen LogP contribution is -2.13. The fourth-order valence-corrected chi connectivity index (χ4v) is 3.12. The van der Waals surface area contributed by atoms with E-state index in [1.807, 2.05) is 18.2 Å². The van der Waals surface area contributed by atoms with E-state index in [2.05, 4.69) is 53.1 Å². The Morgan fingerprint density at radius 1 is 1.00 bits per heavy atom. The fourth-order valence-electron chi connectivity index (χ4n) is 1.51. The number of amides is 1. The largest absolute Gasteiger partial charge is 0.397 e. The van der Waals surface area contributed by atoms with Crippen molar-refractivity contribution in [3.8, 4) is 0 Å². The van der Waals surface area contributed by atoms with E-state index >= 15 is 0 Å². The van der Waals surface area contributed by atoms with E-state index in [0.29, 0.717) is 16.9 Å². The van der Waals surface area contributed by atoms with Crippen LogP contribution in [-0.2, 0) is 0 Å². The molecular formula is C13H9Br3N2O. The number of anilines is 2. The molecule has 0 bridgehead atoms. The first kappa shape index (κ1) is 14.6. The predicted octanol–water partition coefficient (Wildman–Crippen LogP) is 4.81. The van der Waals surface area contributed by atoms with Gasteiger partial charge in [0.05, 0.1) is 16.9 Å². The quantitative estimate of drug-likeness (QED) is 0.648. The number of rotatable bonds is 2. The van der Waals surface area contributed by atoms with Gasteiger partial charge in [0, 0.05) is 13.4 Å². The molecule has 3 N–H and O–H groups in total. The van der Waals surface area contributed by atoms with E-state index in [1.54, 1.807) is 18.2 Å². The minimum absolute atomic E-state index is 0.214. The van der Waals surface area contributed by atoms with Gasteiger partial charge in [-0.05, 0) is 52.3 Å². The van der Waals surface area contributed by atoms with Gasteiger partial charge in [-0.1, -0.05) is 31.9 Å². The number of halogens is 3. The smallest absolute Gasteiger partial charge is 0.256 e. The second-order valence-corrected chi connectivity index (χ2v) is 6.50. The molecule has 0 atom stereocenters. The minimum Gasteiger partial charge on any atom is -0.397 e. The molecule has 2 rings (SSSR count). The molecule has 0 aliphatic carbocycles. The molecule has 19 heavy (non-hydrogen) atoms. The Bertz CT molecular complexity index is 644. The first-order valence-electron chi connectivity index (χ1n) is 5.29. The molecule has 0 radical (unpaired) electrons. The van der Waals surface area contributed by atoms with Gasteiger partial charge >= 0.3 is 0 Å². The SMILES string of the molecule is Nc1cc(Br)ccc1NC(=O)c1ccc(Br)cc1Br. The van der Waals surface area contributed by atoms with Crippen LogP contribution in [0.5, 0.6) is 0 Å². The van der Waals surface area contributed by atoms with E-state index in [0.717, 1.165) is 13.4 Å². The highest BCUT2D eigenvalue weighted by molar-refractivity contribution is 9.11. The van der Waals surface area contributed by atoms with Gasteiger partial charge in [-0.2, -0.15) is 0 Å². The van der Waals surface area contributed by atoms with Crippen LogP contribution in [0.15, 0.2) is 49.8 Å². The second kappa shape index (κ2) is 6.07. The molecule has 0 spiro atoms. The molecule has 0 unspecified atom stereocenters. The number of nitrogens with one attached hydrogen (secondary N) is 1. The summed E-state index contributed by atoms with van der Waals surface area (Å²) in [4.78, 5) is 12.2. The predicted molar refractivity (Wildman–Crippen MR) is 88.3 cm³/mol. The highest BCUT2D eigenvalue weighted by Crippen LogP contribution is 2.26. The molecule has 0 saturated carbocycles. The summed E-state index contributed by atoms with van der Waals surface area (Å²) in [5.41, 5.74) is 7.49. The lowest BCUT2D eigenvalue weighted by atomic mass is 10.2. The van der Waals surface area contributed by atoms with E-state index in [9.17, 15) is 4.79 Å². The zero-order valence-corrected chi connectivity index (χ0v) is 14.3. The summed E-state index contributed by atoms with van der Waals surface area (Å²) in [5.74, 6) is -0.214. The van der Waals surface area contributed by atoms with E-state index in [-0.39, 0.29) is 5.91 Å². The first-order valence-corrected chi connectivity index (χ1v) is 7.66. The Labute approximate surface area is 136 Å². The van der Waals surface area contributed by atoms with Crippen LogP contribution < -0.4 is 11.1 Å². The number of carbonyl (C=O) groups excluding carboxylic acids is 1. The Kier molecular flexibility index (Phi) is 4.65. The normalized spacial score (nSPS) is 10.3. The number of hydrogen-bond acceptors (Lipinski definition) is 2. The summed E-state index contributed by atoms with van der Waals surface area (Å²) in [7, 11) is 0. The van der Waals surface area contributed by atoms with Crippen molar-refractivity contribution in [3.63, 3.8) is 0 Å². The number of nitrogen functional groups attached to an aromatic ring is 1. The fraction of sp³-hybridized carbons (Fsp3) is 0. The average Bonchev–Trinajstić information content (AvgIpc) is 2.32. The van der Waals surface area contributed by atoms with Crippen molar-refractivity contribution in [2.75, 3.05) is 11.1 Å². The third kappa shape index (κ3) is 3.58. The molecule has 1 amide bonds. The number of benzene rings is 2. The van der Waals surface area contributed by atoms with Crippen molar-refractivity contribution in [1.82, 2.24) is 0 Å². The number of nitrogens with two attached hydrogens (primary N) is 1. The molecule has 0 heterocycles. The van der Waals surface area contributed by atoms with Crippen LogP contribution >= 0.6 is 47.8 Å². The molecular weight excluding hydrogens is 440 g/mol. The molecule has 2 aromatic rings. The van der Waals surface area contributed by atoms with Crippen molar-refractivity contribution in [2.45, 2.75) is 0 Å². The van der Waals surface area contributed by atoms with Gasteiger partial charge in [0.25, 0.3) is 5.91 Å². The maximum atomic E-state index is 12.2. The zero-order valence-electron chi connectivity index (χ0n) is 9.58. The Morgan fingerprint density at radius 3 is 2.26 bits per heavy atom. The standard InChI is InChI=1S/C13H9Br3N2O/c14-7-1-3-9(10(16)5-7)13(19)18-12-4-2-8(15)6-11(12)17/h1-6H,17H2,(H,18,19).